The van der Waals surface area contributed by atoms with Gasteiger partial charge in [0.2, 0.25) is 5.91 Å². The molecule has 2 aromatic rings. The normalized spacial score (nSPS) is 14.9. The molecule has 3 rings (SSSR count). The summed E-state index contributed by atoms with van der Waals surface area (Å²) in [6, 6.07) is 17.1. The van der Waals surface area contributed by atoms with Crippen molar-refractivity contribution < 1.29 is 9.53 Å². The van der Waals surface area contributed by atoms with E-state index in [1.54, 1.807) is 0 Å². The molecule has 0 aromatic heterocycles. The summed E-state index contributed by atoms with van der Waals surface area (Å²) in [4.78, 5) is 16.7. The fourth-order valence-electron chi connectivity index (χ4n) is 3.53. The minimum absolute atomic E-state index is 0.0510. The molecule has 0 spiro atoms. The van der Waals surface area contributed by atoms with Gasteiger partial charge in [-0.05, 0) is 35.7 Å². The summed E-state index contributed by atoms with van der Waals surface area (Å²) in [5.74, 6) is 0.0510. The fraction of sp³-hybridized carbons (Fsp3) is 0.458. The van der Waals surface area contributed by atoms with Gasteiger partial charge in [-0.3, -0.25) is 14.6 Å². The van der Waals surface area contributed by atoms with Gasteiger partial charge in [0.15, 0.2) is 0 Å². The van der Waals surface area contributed by atoms with Crippen molar-refractivity contribution in [3.05, 3.63) is 70.8 Å². The predicted octanol–water partition coefficient (Wildman–Crippen LogP) is 2.83. The fourth-order valence-corrected chi connectivity index (χ4v) is 3.53. The molecule has 1 fully saturated rings. The van der Waals surface area contributed by atoms with Gasteiger partial charge < -0.3 is 10.1 Å². The van der Waals surface area contributed by atoms with Gasteiger partial charge in [0.25, 0.3) is 0 Å². The molecule has 1 amide bonds. The van der Waals surface area contributed by atoms with E-state index in [0.29, 0.717) is 13.1 Å². The number of aryl methyl sites for hydroxylation is 1. The first-order chi connectivity index (χ1) is 14.1. The first-order valence-corrected chi connectivity index (χ1v) is 10.5. The van der Waals surface area contributed by atoms with Crippen molar-refractivity contribution in [2.45, 2.75) is 33.0 Å². The van der Waals surface area contributed by atoms with Gasteiger partial charge in [-0.25, -0.2) is 0 Å². The SMILES string of the molecule is CCc1ccc(CN(C)CC(=O)NCc2ccc(CN3CCOCC3)cc2)cc1. The monoisotopic (exact) mass is 395 g/mol. The molecular formula is C24H33N3O2. The second-order valence-electron chi connectivity index (χ2n) is 7.82. The molecule has 29 heavy (non-hydrogen) atoms. The van der Waals surface area contributed by atoms with E-state index in [9.17, 15) is 4.79 Å². The molecule has 0 unspecified atom stereocenters. The molecule has 1 aliphatic heterocycles. The van der Waals surface area contributed by atoms with Gasteiger partial charge >= 0.3 is 0 Å². The van der Waals surface area contributed by atoms with Crippen LogP contribution in [-0.2, 0) is 35.6 Å². The maximum absolute atomic E-state index is 12.3. The van der Waals surface area contributed by atoms with Crippen LogP contribution in [0, 0.1) is 0 Å². The lowest BCUT2D eigenvalue weighted by Gasteiger charge is -2.26. The van der Waals surface area contributed by atoms with Gasteiger partial charge in [-0.2, -0.15) is 0 Å². The highest BCUT2D eigenvalue weighted by atomic mass is 16.5. The quantitative estimate of drug-likeness (QED) is 0.709. The molecule has 0 atom stereocenters. The number of nitrogens with one attached hydrogen (secondary N) is 1. The standard InChI is InChI=1S/C24H33N3O2/c1-3-20-4-8-22(9-5-20)17-26(2)19-24(28)25-16-21-6-10-23(11-7-21)18-27-12-14-29-15-13-27/h4-11H,3,12-19H2,1-2H3,(H,25,28). The molecule has 1 saturated heterocycles. The highest BCUT2D eigenvalue weighted by molar-refractivity contribution is 5.77. The lowest BCUT2D eigenvalue weighted by atomic mass is 10.1. The van der Waals surface area contributed by atoms with E-state index in [4.69, 9.17) is 4.74 Å². The second kappa shape index (κ2) is 11.1. The van der Waals surface area contributed by atoms with Crippen LogP contribution in [-0.4, -0.2) is 55.6 Å². The number of rotatable bonds is 9. The number of amides is 1. The van der Waals surface area contributed by atoms with Gasteiger partial charge in [0.05, 0.1) is 19.8 Å². The number of carbonyl (C=O) groups excluding carboxylic acids is 1. The summed E-state index contributed by atoms with van der Waals surface area (Å²) in [7, 11) is 1.98. The molecule has 1 N–H and O–H groups in total. The van der Waals surface area contributed by atoms with Crippen molar-refractivity contribution in [1.82, 2.24) is 15.1 Å². The van der Waals surface area contributed by atoms with Crippen LogP contribution in [0.1, 0.15) is 29.2 Å². The van der Waals surface area contributed by atoms with Crippen LogP contribution in [0.4, 0.5) is 0 Å². The van der Waals surface area contributed by atoms with Crippen molar-refractivity contribution >= 4 is 5.91 Å². The van der Waals surface area contributed by atoms with E-state index >= 15 is 0 Å². The third-order valence-corrected chi connectivity index (χ3v) is 5.32. The minimum Gasteiger partial charge on any atom is -0.379 e. The van der Waals surface area contributed by atoms with Crippen LogP contribution in [0.5, 0.6) is 0 Å². The summed E-state index contributed by atoms with van der Waals surface area (Å²) in [6.45, 7) is 8.48. The Hall–Kier alpha value is -2.21. The first kappa shape index (κ1) is 21.5. The van der Waals surface area contributed by atoms with Crippen LogP contribution < -0.4 is 5.32 Å². The summed E-state index contributed by atoms with van der Waals surface area (Å²) in [5, 5.41) is 3.03. The average molecular weight is 396 g/mol. The number of hydrogen-bond donors (Lipinski definition) is 1. The number of carbonyl (C=O) groups is 1. The van der Waals surface area contributed by atoms with E-state index in [0.717, 1.165) is 51.4 Å². The molecule has 1 aliphatic rings. The van der Waals surface area contributed by atoms with E-state index < -0.39 is 0 Å². The van der Waals surface area contributed by atoms with Gasteiger partial charge in [0.1, 0.15) is 0 Å². The Kier molecular flexibility index (Phi) is 8.23. The number of hydrogen-bond acceptors (Lipinski definition) is 4. The topological polar surface area (TPSA) is 44.8 Å². The summed E-state index contributed by atoms with van der Waals surface area (Å²) in [5.41, 5.74) is 5.00. The van der Waals surface area contributed by atoms with Crippen LogP contribution in [0.25, 0.3) is 0 Å². The molecular weight excluding hydrogens is 362 g/mol. The number of benzene rings is 2. The number of morpholine rings is 1. The second-order valence-corrected chi connectivity index (χ2v) is 7.82. The van der Waals surface area contributed by atoms with Crippen molar-refractivity contribution in [2.75, 3.05) is 39.9 Å². The van der Waals surface area contributed by atoms with Crippen molar-refractivity contribution in [1.29, 1.82) is 0 Å². The van der Waals surface area contributed by atoms with Gasteiger partial charge in [-0.15, -0.1) is 0 Å². The predicted molar refractivity (Wildman–Crippen MR) is 117 cm³/mol. The molecule has 2 aromatic carbocycles. The van der Waals surface area contributed by atoms with Crippen molar-refractivity contribution in [3.8, 4) is 0 Å². The molecule has 1 heterocycles. The number of ether oxygens (including phenoxy) is 1. The smallest absolute Gasteiger partial charge is 0.234 e. The number of likely N-dealkylation sites (N-methyl/N-ethyl adjacent to an activating group) is 1. The Morgan fingerprint density at radius 3 is 2.21 bits per heavy atom. The highest BCUT2D eigenvalue weighted by Gasteiger charge is 2.11. The lowest BCUT2D eigenvalue weighted by Crippen LogP contribution is -2.35. The Morgan fingerprint density at radius 1 is 0.966 bits per heavy atom. The maximum Gasteiger partial charge on any atom is 0.234 e. The Morgan fingerprint density at radius 2 is 1.55 bits per heavy atom. The number of nitrogens with zero attached hydrogens (tertiary/aromatic N) is 2. The molecule has 156 valence electrons. The van der Waals surface area contributed by atoms with E-state index in [1.165, 1.54) is 16.7 Å². The third-order valence-electron chi connectivity index (χ3n) is 5.32. The van der Waals surface area contributed by atoms with E-state index in [1.807, 2.05) is 11.9 Å². The maximum atomic E-state index is 12.3. The Labute approximate surface area is 174 Å². The van der Waals surface area contributed by atoms with E-state index in [2.05, 4.69) is 65.7 Å². The van der Waals surface area contributed by atoms with Crippen LogP contribution in [0.15, 0.2) is 48.5 Å². The molecule has 0 radical (unpaired) electrons. The molecule has 0 bridgehead atoms. The zero-order chi connectivity index (χ0) is 20.5. The third kappa shape index (κ3) is 7.28. The minimum atomic E-state index is 0.0510. The molecule has 5 heteroatoms. The summed E-state index contributed by atoms with van der Waals surface area (Å²) >= 11 is 0. The average Bonchev–Trinajstić information content (AvgIpc) is 2.74. The van der Waals surface area contributed by atoms with Gasteiger partial charge in [0, 0.05) is 32.7 Å². The molecule has 0 saturated carbocycles. The van der Waals surface area contributed by atoms with Crippen LogP contribution >= 0.6 is 0 Å². The van der Waals surface area contributed by atoms with Crippen molar-refractivity contribution in [3.63, 3.8) is 0 Å². The van der Waals surface area contributed by atoms with Crippen molar-refractivity contribution in [2.24, 2.45) is 0 Å². The lowest BCUT2D eigenvalue weighted by molar-refractivity contribution is -0.122. The zero-order valence-corrected chi connectivity index (χ0v) is 17.7. The summed E-state index contributed by atoms with van der Waals surface area (Å²) < 4.78 is 5.40. The highest BCUT2D eigenvalue weighted by Crippen LogP contribution is 2.10. The van der Waals surface area contributed by atoms with Crippen LogP contribution in [0.2, 0.25) is 0 Å². The summed E-state index contributed by atoms with van der Waals surface area (Å²) in [6.07, 6.45) is 1.05. The van der Waals surface area contributed by atoms with E-state index in [-0.39, 0.29) is 5.91 Å². The Bertz CT molecular complexity index is 753. The Balaban J connectivity index is 1.38. The molecule has 0 aliphatic carbocycles. The van der Waals surface area contributed by atoms with Gasteiger partial charge in [-0.1, -0.05) is 55.5 Å². The largest absolute Gasteiger partial charge is 0.379 e. The molecule has 5 nitrogen and oxygen atoms in total. The van der Waals surface area contributed by atoms with Crippen LogP contribution in [0.3, 0.4) is 0 Å². The first-order valence-electron chi connectivity index (χ1n) is 10.5. The zero-order valence-electron chi connectivity index (χ0n) is 17.7.